The summed E-state index contributed by atoms with van der Waals surface area (Å²) in [4.78, 5) is 0. The van der Waals surface area contributed by atoms with E-state index in [9.17, 15) is 0 Å². The number of hydrogen-bond donors (Lipinski definition) is 4. The molecule has 1 unspecified atom stereocenters. The highest BCUT2D eigenvalue weighted by Crippen LogP contribution is 1.79. The maximum absolute atomic E-state index is 8.36. The second-order valence-corrected chi connectivity index (χ2v) is 1.92. The molecule has 0 fully saturated rings. The molecular formula is C5H13N3O2. The lowest BCUT2D eigenvalue weighted by Gasteiger charge is -2.09. The molecule has 0 radical (unpaired) electrons. The van der Waals surface area contributed by atoms with Crippen molar-refractivity contribution in [3.05, 3.63) is 0 Å². The van der Waals surface area contributed by atoms with Crippen LogP contribution < -0.4 is 11.1 Å². The van der Waals surface area contributed by atoms with E-state index in [2.05, 4.69) is 10.5 Å². The first-order chi connectivity index (χ1) is 4.72. The average molecular weight is 147 g/mol. The largest absolute Gasteiger partial charge is 0.409 e. The molecular weight excluding hydrogens is 134 g/mol. The second-order valence-electron chi connectivity index (χ2n) is 1.92. The molecule has 0 bridgehead atoms. The molecule has 0 aromatic carbocycles. The number of hydrogen-bond acceptors (Lipinski definition) is 4. The highest BCUT2D eigenvalue weighted by molar-refractivity contribution is 5.84. The molecule has 10 heavy (non-hydrogen) atoms. The molecule has 0 spiro atoms. The maximum atomic E-state index is 8.36. The van der Waals surface area contributed by atoms with Crippen molar-refractivity contribution < 1.29 is 10.3 Å². The number of aliphatic hydroxyl groups is 1. The van der Waals surface area contributed by atoms with Crippen LogP contribution in [-0.4, -0.2) is 35.3 Å². The molecule has 5 heteroatoms. The van der Waals surface area contributed by atoms with Gasteiger partial charge in [-0.2, -0.15) is 0 Å². The fraction of sp³-hybridized carbons (Fsp3) is 0.800. The molecule has 5 N–H and O–H groups in total. The summed E-state index contributed by atoms with van der Waals surface area (Å²) in [5, 5.41) is 22.1. The van der Waals surface area contributed by atoms with Gasteiger partial charge >= 0.3 is 0 Å². The predicted octanol–water partition coefficient (Wildman–Crippen LogP) is -1.30. The molecule has 0 heterocycles. The van der Waals surface area contributed by atoms with E-state index in [1.807, 2.05) is 0 Å². The summed E-state index contributed by atoms with van der Waals surface area (Å²) in [5.74, 6) is 0.119. The minimum absolute atomic E-state index is 0.0447. The Morgan fingerprint density at radius 2 is 2.40 bits per heavy atom. The Kier molecular flexibility index (Phi) is 4.61. The van der Waals surface area contributed by atoms with Crippen molar-refractivity contribution in [1.29, 1.82) is 0 Å². The monoisotopic (exact) mass is 147 g/mol. The van der Waals surface area contributed by atoms with Crippen molar-refractivity contribution in [3.8, 4) is 0 Å². The Balaban J connectivity index is 3.51. The van der Waals surface area contributed by atoms with Gasteiger partial charge in [0, 0.05) is 6.54 Å². The van der Waals surface area contributed by atoms with Crippen LogP contribution in [0.25, 0.3) is 0 Å². The summed E-state index contributed by atoms with van der Waals surface area (Å²) in [6.07, 6.45) is 0. The van der Waals surface area contributed by atoms with Crippen LogP contribution in [0.3, 0.4) is 0 Å². The van der Waals surface area contributed by atoms with Gasteiger partial charge in [0.15, 0.2) is 5.84 Å². The van der Waals surface area contributed by atoms with Crippen LogP contribution in [0.15, 0.2) is 5.16 Å². The van der Waals surface area contributed by atoms with Gasteiger partial charge in [-0.3, -0.25) is 0 Å². The summed E-state index contributed by atoms with van der Waals surface area (Å²) < 4.78 is 0. The first-order valence-electron chi connectivity index (χ1n) is 3.04. The van der Waals surface area contributed by atoms with Crippen LogP contribution in [0.4, 0.5) is 0 Å². The lowest BCUT2D eigenvalue weighted by atomic mass is 10.3. The lowest BCUT2D eigenvalue weighted by Crippen LogP contribution is -2.40. The summed E-state index contributed by atoms with van der Waals surface area (Å²) in [5.41, 5.74) is 5.21. The molecule has 0 aliphatic carbocycles. The molecule has 0 aromatic heterocycles. The van der Waals surface area contributed by atoms with Crippen molar-refractivity contribution in [2.75, 3.05) is 13.2 Å². The van der Waals surface area contributed by atoms with Gasteiger partial charge in [0.05, 0.1) is 12.6 Å². The Morgan fingerprint density at radius 1 is 1.80 bits per heavy atom. The van der Waals surface area contributed by atoms with Gasteiger partial charge in [0.25, 0.3) is 0 Å². The Hall–Kier alpha value is -0.810. The summed E-state index contributed by atoms with van der Waals surface area (Å²) in [6, 6.07) is -0.197. The van der Waals surface area contributed by atoms with Gasteiger partial charge in [-0.05, 0) is 6.92 Å². The molecule has 0 aliphatic rings. The van der Waals surface area contributed by atoms with Crippen LogP contribution >= 0.6 is 0 Å². The minimum Gasteiger partial charge on any atom is -0.409 e. The van der Waals surface area contributed by atoms with E-state index in [0.29, 0.717) is 6.54 Å². The number of nitrogens with two attached hydrogens (primary N) is 1. The first kappa shape index (κ1) is 9.19. The molecule has 0 amide bonds. The Bertz CT molecular complexity index is 115. The third kappa shape index (κ3) is 3.26. The molecule has 5 nitrogen and oxygen atoms in total. The number of nitrogens with one attached hydrogen (secondary N) is 1. The Morgan fingerprint density at radius 3 is 2.80 bits per heavy atom. The van der Waals surface area contributed by atoms with Gasteiger partial charge in [-0.15, -0.1) is 0 Å². The van der Waals surface area contributed by atoms with E-state index in [1.54, 1.807) is 6.92 Å². The van der Waals surface area contributed by atoms with Crippen LogP contribution in [-0.2, 0) is 0 Å². The molecule has 0 rings (SSSR count). The van der Waals surface area contributed by atoms with Gasteiger partial charge in [0.1, 0.15) is 0 Å². The summed E-state index contributed by atoms with van der Waals surface area (Å²) >= 11 is 0. The number of amidine groups is 1. The Labute approximate surface area is 59.5 Å². The molecule has 0 aliphatic heterocycles. The highest BCUT2D eigenvalue weighted by Gasteiger charge is 2.03. The fourth-order valence-corrected chi connectivity index (χ4v) is 0.472. The molecule has 0 saturated carbocycles. The van der Waals surface area contributed by atoms with Gasteiger partial charge in [-0.1, -0.05) is 5.16 Å². The van der Waals surface area contributed by atoms with Gasteiger partial charge in [0.2, 0.25) is 0 Å². The topological polar surface area (TPSA) is 90.9 Å². The third-order valence-corrected chi connectivity index (χ3v) is 1.12. The molecule has 1 atom stereocenters. The van der Waals surface area contributed by atoms with E-state index in [1.165, 1.54) is 0 Å². The summed E-state index contributed by atoms with van der Waals surface area (Å²) in [6.45, 7) is 2.23. The number of aliphatic hydroxyl groups excluding tert-OH is 1. The normalized spacial score (nSPS) is 15.2. The van der Waals surface area contributed by atoms with E-state index in [4.69, 9.17) is 16.0 Å². The standard InChI is InChI=1S/C5H13N3O2/c1-4(5(6)8-10)7-2-3-9/h4,7,9-10H,2-3H2,1H3,(H2,6,8). The van der Waals surface area contributed by atoms with E-state index < -0.39 is 0 Å². The smallest absolute Gasteiger partial charge is 0.156 e. The molecule has 0 saturated heterocycles. The third-order valence-electron chi connectivity index (χ3n) is 1.12. The zero-order valence-electron chi connectivity index (χ0n) is 5.91. The lowest BCUT2D eigenvalue weighted by molar-refractivity contribution is 0.288. The van der Waals surface area contributed by atoms with Gasteiger partial charge < -0.3 is 21.4 Å². The maximum Gasteiger partial charge on any atom is 0.156 e. The highest BCUT2D eigenvalue weighted by atomic mass is 16.4. The van der Waals surface area contributed by atoms with Crippen molar-refractivity contribution in [3.63, 3.8) is 0 Å². The van der Waals surface area contributed by atoms with E-state index in [0.717, 1.165) is 0 Å². The van der Waals surface area contributed by atoms with Crippen molar-refractivity contribution in [2.24, 2.45) is 10.9 Å². The quantitative estimate of drug-likeness (QED) is 0.172. The predicted molar refractivity (Wildman–Crippen MR) is 38.0 cm³/mol. The SMILES string of the molecule is CC(NCCO)C(N)=NO. The minimum atomic E-state index is -0.197. The number of rotatable bonds is 4. The molecule has 0 aromatic rings. The average Bonchev–Trinajstić information content (AvgIpc) is 1.98. The van der Waals surface area contributed by atoms with Gasteiger partial charge in [-0.25, -0.2) is 0 Å². The van der Waals surface area contributed by atoms with Crippen LogP contribution in [0.5, 0.6) is 0 Å². The fourth-order valence-electron chi connectivity index (χ4n) is 0.472. The van der Waals surface area contributed by atoms with Crippen molar-refractivity contribution >= 4 is 5.84 Å². The zero-order chi connectivity index (χ0) is 7.98. The molecule has 60 valence electrons. The number of oxime groups is 1. The van der Waals surface area contributed by atoms with Crippen LogP contribution in [0.1, 0.15) is 6.92 Å². The van der Waals surface area contributed by atoms with Crippen molar-refractivity contribution in [2.45, 2.75) is 13.0 Å². The van der Waals surface area contributed by atoms with E-state index in [-0.39, 0.29) is 18.5 Å². The van der Waals surface area contributed by atoms with Crippen LogP contribution in [0.2, 0.25) is 0 Å². The first-order valence-corrected chi connectivity index (χ1v) is 3.04. The summed E-state index contributed by atoms with van der Waals surface area (Å²) in [7, 11) is 0. The second kappa shape index (κ2) is 5.01. The number of nitrogens with zero attached hydrogens (tertiary/aromatic N) is 1. The van der Waals surface area contributed by atoms with E-state index >= 15 is 0 Å². The zero-order valence-corrected chi connectivity index (χ0v) is 5.91. The van der Waals surface area contributed by atoms with Crippen LogP contribution in [0, 0.1) is 0 Å². The van der Waals surface area contributed by atoms with Crippen molar-refractivity contribution in [1.82, 2.24) is 5.32 Å².